The Hall–Kier alpha value is -2.05. The fourth-order valence-electron chi connectivity index (χ4n) is 4.70. The van der Waals surface area contributed by atoms with E-state index in [1.807, 2.05) is 24.0 Å². The van der Waals surface area contributed by atoms with Crippen LogP contribution in [0.15, 0.2) is 47.6 Å². The summed E-state index contributed by atoms with van der Waals surface area (Å²) >= 11 is 1.90. The molecule has 29 heavy (non-hydrogen) atoms. The van der Waals surface area contributed by atoms with Gasteiger partial charge in [-0.05, 0) is 48.7 Å². The van der Waals surface area contributed by atoms with Crippen LogP contribution in [0.2, 0.25) is 0 Å². The average molecular weight is 409 g/mol. The number of anilines is 1. The number of benzene rings is 1. The smallest absolute Gasteiger partial charge is 0.160 e. The minimum absolute atomic E-state index is 0.0565. The summed E-state index contributed by atoms with van der Waals surface area (Å²) in [5, 5.41) is 1.19. The van der Waals surface area contributed by atoms with Crippen molar-refractivity contribution in [1.82, 2.24) is 9.88 Å². The summed E-state index contributed by atoms with van der Waals surface area (Å²) in [4.78, 5) is 14.8. The molecule has 1 aromatic heterocycles. The van der Waals surface area contributed by atoms with Gasteiger partial charge in [-0.15, -0.1) is 0 Å². The number of aryl methyl sites for hydroxylation is 1. The van der Waals surface area contributed by atoms with Crippen molar-refractivity contribution in [2.24, 2.45) is 4.99 Å². The van der Waals surface area contributed by atoms with Crippen molar-refractivity contribution < 1.29 is 4.74 Å². The molecule has 2 saturated heterocycles. The molecule has 0 unspecified atom stereocenters. The lowest BCUT2D eigenvalue weighted by Crippen LogP contribution is -2.37. The lowest BCUT2D eigenvalue weighted by atomic mass is 9.91. The molecule has 1 aromatic carbocycles. The highest BCUT2D eigenvalue weighted by Crippen LogP contribution is 2.49. The number of thioether (sulfide) groups is 1. The fraction of sp³-hybridized carbons (Fsp3) is 0.478. The summed E-state index contributed by atoms with van der Waals surface area (Å²) in [7, 11) is 0. The molecule has 0 amide bonds. The van der Waals surface area contributed by atoms with Gasteiger partial charge in [0.05, 0.1) is 24.9 Å². The van der Waals surface area contributed by atoms with Crippen molar-refractivity contribution in [3.8, 4) is 0 Å². The predicted molar refractivity (Wildman–Crippen MR) is 120 cm³/mol. The lowest BCUT2D eigenvalue weighted by Gasteiger charge is -2.34. The van der Waals surface area contributed by atoms with Crippen LogP contribution in [-0.4, -0.2) is 53.1 Å². The quantitative estimate of drug-likeness (QED) is 0.758. The number of pyridine rings is 1. The van der Waals surface area contributed by atoms with Gasteiger partial charge in [0.15, 0.2) is 5.17 Å². The molecular formula is C23H28N4OS. The molecule has 2 fully saturated rings. The number of amidine groups is 1. The Morgan fingerprint density at radius 3 is 2.76 bits per heavy atom. The second kappa shape index (κ2) is 8.00. The zero-order valence-corrected chi connectivity index (χ0v) is 17.9. The molecule has 0 spiro atoms. The van der Waals surface area contributed by atoms with Crippen LogP contribution in [0, 0.1) is 6.92 Å². The molecule has 2 aromatic rings. The van der Waals surface area contributed by atoms with Gasteiger partial charge in [0.2, 0.25) is 0 Å². The Balaban J connectivity index is 1.52. The van der Waals surface area contributed by atoms with Crippen LogP contribution in [0.25, 0.3) is 0 Å². The third kappa shape index (κ3) is 3.42. The lowest BCUT2D eigenvalue weighted by molar-refractivity contribution is 0.122. The minimum Gasteiger partial charge on any atom is -0.378 e. The minimum atomic E-state index is 0.0565. The zero-order chi connectivity index (χ0) is 19.8. The fourth-order valence-corrected chi connectivity index (χ4v) is 6.03. The first-order valence-electron chi connectivity index (χ1n) is 10.6. The number of aliphatic imine (C=N–C) groups is 1. The van der Waals surface area contributed by atoms with Gasteiger partial charge in [0.25, 0.3) is 0 Å². The number of ether oxygens (including phenoxy) is 1. The molecule has 6 heteroatoms. The second-order valence-corrected chi connectivity index (χ2v) is 8.96. The van der Waals surface area contributed by atoms with Crippen LogP contribution in [0.3, 0.4) is 0 Å². The van der Waals surface area contributed by atoms with E-state index in [0.29, 0.717) is 6.04 Å². The Morgan fingerprint density at radius 1 is 1.17 bits per heavy atom. The van der Waals surface area contributed by atoms with E-state index in [4.69, 9.17) is 9.73 Å². The van der Waals surface area contributed by atoms with Gasteiger partial charge in [-0.2, -0.15) is 0 Å². The van der Waals surface area contributed by atoms with Gasteiger partial charge in [0.1, 0.15) is 6.04 Å². The van der Waals surface area contributed by atoms with Crippen molar-refractivity contribution in [2.45, 2.75) is 38.4 Å². The third-order valence-electron chi connectivity index (χ3n) is 6.28. The molecule has 152 valence electrons. The normalized spacial score (nSPS) is 26.6. The molecule has 3 atom stereocenters. The SMILES string of the molecule is CC[C@@H]1CSC2=N[C@@H](c3ccccn3)[C@@H](c3ccc(N4CCOCC4)cc3C)N21. The van der Waals surface area contributed by atoms with Gasteiger partial charge in [-0.1, -0.05) is 30.8 Å². The van der Waals surface area contributed by atoms with Gasteiger partial charge >= 0.3 is 0 Å². The van der Waals surface area contributed by atoms with Crippen LogP contribution < -0.4 is 4.90 Å². The van der Waals surface area contributed by atoms with Gasteiger partial charge in [0, 0.05) is 36.8 Å². The van der Waals surface area contributed by atoms with Crippen molar-refractivity contribution in [2.75, 3.05) is 37.0 Å². The molecule has 5 rings (SSSR count). The maximum absolute atomic E-state index is 5.52. The summed E-state index contributed by atoms with van der Waals surface area (Å²) < 4.78 is 5.52. The van der Waals surface area contributed by atoms with Crippen LogP contribution in [0.5, 0.6) is 0 Å². The summed E-state index contributed by atoms with van der Waals surface area (Å²) in [5.41, 5.74) is 5.07. The summed E-state index contributed by atoms with van der Waals surface area (Å²) in [5.74, 6) is 1.13. The highest BCUT2D eigenvalue weighted by molar-refractivity contribution is 8.14. The summed E-state index contributed by atoms with van der Waals surface area (Å²) in [6.07, 6.45) is 3.03. The molecular weight excluding hydrogens is 380 g/mol. The number of rotatable bonds is 4. The van der Waals surface area contributed by atoms with E-state index in [1.165, 1.54) is 22.0 Å². The van der Waals surface area contributed by atoms with Crippen LogP contribution >= 0.6 is 11.8 Å². The molecule has 3 aliphatic heterocycles. The number of morpholine rings is 1. The molecule has 5 nitrogen and oxygen atoms in total. The molecule has 0 N–H and O–H groups in total. The van der Waals surface area contributed by atoms with E-state index in [0.717, 1.165) is 44.2 Å². The number of nitrogens with zero attached hydrogens (tertiary/aromatic N) is 4. The maximum Gasteiger partial charge on any atom is 0.160 e. The topological polar surface area (TPSA) is 41.0 Å². The average Bonchev–Trinajstić information content (AvgIpc) is 3.34. The standard InChI is InChI=1S/C23H28N4OS/c1-3-17-15-29-23-25-21(20-6-4-5-9-24-20)22(27(17)23)19-8-7-18(14-16(19)2)26-10-12-28-13-11-26/h4-9,14,17,21-22H,3,10-13,15H2,1-2H3/t17-,21+,22-/m1/s1. The van der Waals surface area contributed by atoms with E-state index in [9.17, 15) is 0 Å². The molecule has 3 aliphatic rings. The van der Waals surface area contributed by atoms with Crippen molar-refractivity contribution in [3.63, 3.8) is 0 Å². The monoisotopic (exact) mass is 408 g/mol. The maximum atomic E-state index is 5.52. The van der Waals surface area contributed by atoms with Gasteiger partial charge < -0.3 is 14.5 Å². The second-order valence-electron chi connectivity index (χ2n) is 7.98. The first kappa shape index (κ1) is 18.9. The number of hydrogen-bond donors (Lipinski definition) is 0. The first-order chi connectivity index (χ1) is 14.3. The van der Waals surface area contributed by atoms with Crippen molar-refractivity contribution >= 4 is 22.6 Å². The highest BCUT2D eigenvalue weighted by Gasteiger charge is 2.45. The largest absolute Gasteiger partial charge is 0.378 e. The summed E-state index contributed by atoms with van der Waals surface area (Å²) in [6.45, 7) is 8.08. The Morgan fingerprint density at radius 2 is 2.03 bits per heavy atom. The van der Waals surface area contributed by atoms with Crippen LogP contribution in [-0.2, 0) is 4.74 Å². The highest BCUT2D eigenvalue weighted by atomic mass is 32.2. The number of fused-ring (bicyclic) bond motifs is 1. The Labute approximate surface area is 177 Å². The summed E-state index contributed by atoms with van der Waals surface area (Å²) in [6, 6.07) is 13.9. The third-order valence-corrected chi connectivity index (χ3v) is 7.40. The first-order valence-corrected chi connectivity index (χ1v) is 11.6. The zero-order valence-electron chi connectivity index (χ0n) is 17.1. The van der Waals surface area contributed by atoms with Crippen LogP contribution in [0.4, 0.5) is 5.69 Å². The van der Waals surface area contributed by atoms with Gasteiger partial charge in [-0.3, -0.25) is 9.98 Å². The van der Waals surface area contributed by atoms with Crippen molar-refractivity contribution in [1.29, 1.82) is 0 Å². The molecule has 0 radical (unpaired) electrons. The van der Waals surface area contributed by atoms with E-state index in [2.05, 4.69) is 59.0 Å². The molecule has 0 saturated carbocycles. The molecule has 0 bridgehead atoms. The van der Waals surface area contributed by atoms with E-state index < -0.39 is 0 Å². The van der Waals surface area contributed by atoms with E-state index >= 15 is 0 Å². The number of hydrogen-bond acceptors (Lipinski definition) is 6. The van der Waals surface area contributed by atoms with Crippen molar-refractivity contribution in [3.05, 3.63) is 59.4 Å². The van der Waals surface area contributed by atoms with E-state index in [1.54, 1.807) is 0 Å². The molecule has 0 aliphatic carbocycles. The molecule has 4 heterocycles. The number of aromatic nitrogens is 1. The Kier molecular flexibility index (Phi) is 5.22. The van der Waals surface area contributed by atoms with Crippen LogP contribution in [0.1, 0.15) is 42.2 Å². The van der Waals surface area contributed by atoms with E-state index in [-0.39, 0.29) is 12.1 Å². The Bertz CT molecular complexity index is 897. The predicted octanol–water partition coefficient (Wildman–Crippen LogP) is 4.21. The van der Waals surface area contributed by atoms with Gasteiger partial charge in [-0.25, -0.2) is 0 Å².